The highest BCUT2D eigenvalue weighted by Crippen LogP contribution is 2.36. The molecular weight excluding hydrogens is 460 g/mol. The largest absolute Gasteiger partial charge is 0.319 e. The second kappa shape index (κ2) is 8.70. The molecule has 8 heteroatoms. The number of para-hydroxylation sites is 2. The van der Waals surface area contributed by atoms with Gasteiger partial charge in [-0.05, 0) is 69.2 Å². The number of carbonyl (C=O) groups excluding carboxylic acids is 1. The number of anilines is 2. The highest BCUT2D eigenvalue weighted by atomic mass is 32.2. The minimum Gasteiger partial charge on any atom is -0.319 e. The minimum atomic E-state index is -3.84. The monoisotopic (exact) mass is 486 g/mol. The Kier molecular flexibility index (Phi) is 5.68. The molecule has 0 aliphatic carbocycles. The standard InChI is InChI=1S/C27H26N4O3S/c1-18-16-21-10-7-8-15-25(21)31(18)35(33,34)24-14-9-11-22(17-24)27(32)28-26-19(2)29-30(20(26)3)23-12-5-4-6-13-23/h4-15,17-18H,16H2,1-3H3,(H,28,32). The fourth-order valence-corrected chi connectivity index (χ4v) is 6.38. The number of nitrogens with one attached hydrogen (secondary N) is 1. The van der Waals surface area contributed by atoms with E-state index >= 15 is 0 Å². The Bertz CT molecular complexity index is 1530. The van der Waals surface area contributed by atoms with E-state index in [2.05, 4.69) is 10.4 Å². The average molecular weight is 487 g/mol. The zero-order chi connectivity index (χ0) is 24.7. The van der Waals surface area contributed by atoms with E-state index in [9.17, 15) is 13.2 Å². The molecule has 1 unspecified atom stereocenters. The van der Waals surface area contributed by atoms with Crippen molar-refractivity contribution in [1.82, 2.24) is 9.78 Å². The van der Waals surface area contributed by atoms with Crippen LogP contribution in [0, 0.1) is 13.8 Å². The van der Waals surface area contributed by atoms with Gasteiger partial charge in [-0.2, -0.15) is 5.10 Å². The highest BCUT2D eigenvalue weighted by molar-refractivity contribution is 7.92. The number of sulfonamides is 1. The lowest BCUT2D eigenvalue weighted by atomic mass is 10.1. The van der Waals surface area contributed by atoms with Crippen LogP contribution < -0.4 is 9.62 Å². The van der Waals surface area contributed by atoms with Crippen molar-refractivity contribution in [1.29, 1.82) is 0 Å². The van der Waals surface area contributed by atoms with E-state index in [1.165, 1.54) is 16.4 Å². The van der Waals surface area contributed by atoms with E-state index in [4.69, 9.17) is 0 Å². The van der Waals surface area contributed by atoms with Crippen LogP contribution in [0.25, 0.3) is 5.69 Å². The fraction of sp³-hybridized carbons (Fsp3) is 0.185. The molecule has 0 radical (unpaired) electrons. The molecule has 0 fully saturated rings. The number of amides is 1. The second-order valence-corrected chi connectivity index (χ2v) is 10.6. The first-order chi connectivity index (χ1) is 16.8. The highest BCUT2D eigenvalue weighted by Gasteiger charge is 2.36. The molecule has 0 spiro atoms. The van der Waals surface area contributed by atoms with Crippen molar-refractivity contribution in [3.63, 3.8) is 0 Å². The van der Waals surface area contributed by atoms with Crippen LogP contribution in [0.4, 0.5) is 11.4 Å². The Labute approximate surface area is 205 Å². The first kappa shape index (κ1) is 22.9. The van der Waals surface area contributed by atoms with E-state index in [-0.39, 0.29) is 16.5 Å². The van der Waals surface area contributed by atoms with Gasteiger partial charge in [-0.1, -0.05) is 42.5 Å². The number of aromatic nitrogens is 2. The molecule has 4 aromatic rings. The topological polar surface area (TPSA) is 84.3 Å². The van der Waals surface area contributed by atoms with Gasteiger partial charge in [0.2, 0.25) is 0 Å². The number of hydrogen-bond donors (Lipinski definition) is 1. The molecule has 1 aliphatic heterocycles. The fourth-order valence-electron chi connectivity index (χ4n) is 4.64. The molecule has 5 rings (SSSR count). The molecule has 1 N–H and O–H groups in total. The number of aryl methyl sites for hydroxylation is 1. The minimum absolute atomic E-state index is 0.0853. The lowest BCUT2D eigenvalue weighted by Gasteiger charge is -2.24. The molecule has 35 heavy (non-hydrogen) atoms. The molecule has 3 aromatic carbocycles. The zero-order valence-electron chi connectivity index (χ0n) is 19.8. The maximum atomic E-state index is 13.6. The average Bonchev–Trinajstić information content (AvgIpc) is 3.35. The summed E-state index contributed by atoms with van der Waals surface area (Å²) in [4.78, 5) is 13.3. The van der Waals surface area contributed by atoms with Gasteiger partial charge in [0.05, 0.1) is 33.3 Å². The van der Waals surface area contributed by atoms with Crippen LogP contribution in [0.2, 0.25) is 0 Å². The molecule has 7 nitrogen and oxygen atoms in total. The van der Waals surface area contributed by atoms with E-state index in [0.717, 1.165) is 16.9 Å². The third-order valence-electron chi connectivity index (χ3n) is 6.33. The molecule has 0 saturated carbocycles. The first-order valence-corrected chi connectivity index (χ1v) is 12.9. The summed E-state index contributed by atoms with van der Waals surface area (Å²) < 4.78 is 30.4. The summed E-state index contributed by atoms with van der Waals surface area (Å²) >= 11 is 0. The van der Waals surface area contributed by atoms with Crippen LogP contribution in [0.3, 0.4) is 0 Å². The van der Waals surface area contributed by atoms with Crippen molar-refractivity contribution in [3.05, 3.63) is 101 Å². The molecular formula is C27H26N4O3S. The lowest BCUT2D eigenvalue weighted by molar-refractivity contribution is 0.102. The summed E-state index contributed by atoms with van der Waals surface area (Å²) in [5.41, 5.74) is 4.90. The number of benzene rings is 3. The van der Waals surface area contributed by atoms with Crippen LogP contribution in [-0.2, 0) is 16.4 Å². The Morgan fingerprint density at radius 3 is 2.46 bits per heavy atom. The number of hydrogen-bond acceptors (Lipinski definition) is 4. The summed E-state index contributed by atoms with van der Waals surface area (Å²) in [6.07, 6.45) is 0.652. The van der Waals surface area contributed by atoms with Crippen LogP contribution >= 0.6 is 0 Å². The molecule has 1 atom stereocenters. The zero-order valence-corrected chi connectivity index (χ0v) is 20.6. The Balaban J connectivity index is 1.44. The van der Waals surface area contributed by atoms with Crippen molar-refractivity contribution >= 4 is 27.3 Å². The first-order valence-electron chi connectivity index (χ1n) is 11.4. The van der Waals surface area contributed by atoms with E-state index in [0.29, 0.717) is 23.5 Å². The van der Waals surface area contributed by atoms with Crippen molar-refractivity contribution in [2.45, 2.75) is 38.1 Å². The Morgan fingerprint density at radius 2 is 1.69 bits per heavy atom. The summed E-state index contributed by atoms with van der Waals surface area (Å²) in [5, 5.41) is 7.49. The summed E-state index contributed by atoms with van der Waals surface area (Å²) in [5.74, 6) is -0.393. The van der Waals surface area contributed by atoms with E-state index < -0.39 is 15.9 Å². The molecule has 1 aromatic heterocycles. The van der Waals surface area contributed by atoms with E-state index in [1.807, 2.05) is 75.4 Å². The number of nitrogens with zero attached hydrogens (tertiary/aromatic N) is 3. The quantitative estimate of drug-likeness (QED) is 0.436. The summed E-state index contributed by atoms with van der Waals surface area (Å²) in [6, 6.07) is 23.2. The van der Waals surface area contributed by atoms with Crippen molar-refractivity contribution in [2.24, 2.45) is 0 Å². The van der Waals surface area contributed by atoms with Gasteiger partial charge in [-0.25, -0.2) is 13.1 Å². The van der Waals surface area contributed by atoms with Crippen LogP contribution in [0.15, 0.2) is 83.8 Å². The molecule has 178 valence electrons. The van der Waals surface area contributed by atoms with E-state index in [1.54, 1.807) is 16.8 Å². The maximum Gasteiger partial charge on any atom is 0.264 e. The number of fused-ring (bicyclic) bond motifs is 1. The predicted octanol–water partition coefficient (Wildman–Crippen LogP) is 4.88. The Hall–Kier alpha value is -3.91. The van der Waals surface area contributed by atoms with Crippen molar-refractivity contribution in [3.8, 4) is 5.69 Å². The third kappa shape index (κ3) is 4.00. The molecule has 0 saturated heterocycles. The number of carbonyl (C=O) groups is 1. The van der Waals surface area contributed by atoms with Crippen LogP contribution in [-0.4, -0.2) is 30.1 Å². The lowest BCUT2D eigenvalue weighted by Crippen LogP contribution is -2.35. The van der Waals surface area contributed by atoms with Crippen LogP contribution in [0.5, 0.6) is 0 Å². The maximum absolute atomic E-state index is 13.6. The van der Waals surface area contributed by atoms with Gasteiger partial charge in [-0.15, -0.1) is 0 Å². The van der Waals surface area contributed by atoms with Gasteiger partial charge >= 0.3 is 0 Å². The molecule has 0 bridgehead atoms. The van der Waals surface area contributed by atoms with Gasteiger partial charge in [0.1, 0.15) is 0 Å². The van der Waals surface area contributed by atoms with Crippen molar-refractivity contribution in [2.75, 3.05) is 9.62 Å². The van der Waals surface area contributed by atoms with Gasteiger partial charge in [0.15, 0.2) is 0 Å². The summed E-state index contributed by atoms with van der Waals surface area (Å²) in [7, 11) is -3.84. The van der Waals surface area contributed by atoms with Gasteiger partial charge in [0.25, 0.3) is 15.9 Å². The van der Waals surface area contributed by atoms with Gasteiger partial charge in [-0.3, -0.25) is 9.10 Å². The number of rotatable bonds is 5. The smallest absolute Gasteiger partial charge is 0.264 e. The van der Waals surface area contributed by atoms with Crippen molar-refractivity contribution < 1.29 is 13.2 Å². The molecule has 2 heterocycles. The van der Waals surface area contributed by atoms with Crippen LogP contribution in [0.1, 0.15) is 34.2 Å². The normalized spacial score (nSPS) is 15.2. The second-order valence-electron chi connectivity index (χ2n) is 8.76. The molecule has 1 amide bonds. The summed E-state index contributed by atoms with van der Waals surface area (Å²) in [6.45, 7) is 5.61. The predicted molar refractivity (Wildman–Crippen MR) is 137 cm³/mol. The molecule has 1 aliphatic rings. The van der Waals surface area contributed by atoms with Gasteiger partial charge < -0.3 is 5.32 Å². The SMILES string of the molecule is Cc1nn(-c2ccccc2)c(C)c1NC(=O)c1cccc(S(=O)(=O)N2c3ccccc3CC2C)c1. The third-order valence-corrected chi connectivity index (χ3v) is 8.25. The Morgan fingerprint density at radius 1 is 0.971 bits per heavy atom. The van der Waals surface area contributed by atoms with Gasteiger partial charge in [0, 0.05) is 11.6 Å².